The first-order chi connectivity index (χ1) is 15.5. The van der Waals surface area contributed by atoms with E-state index in [2.05, 4.69) is 15.7 Å². The highest BCUT2D eigenvalue weighted by atomic mass is 16.2. The third-order valence-electron chi connectivity index (χ3n) is 5.04. The number of nitrogens with zero attached hydrogens (tertiary/aromatic N) is 4. The summed E-state index contributed by atoms with van der Waals surface area (Å²) in [5.41, 5.74) is 3.47. The minimum absolute atomic E-state index is 0.192. The van der Waals surface area contributed by atoms with Crippen LogP contribution in [0.4, 0.5) is 5.82 Å². The lowest BCUT2D eigenvalue weighted by atomic mass is 10.1. The van der Waals surface area contributed by atoms with E-state index in [0.29, 0.717) is 11.4 Å². The summed E-state index contributed by atoms with van der Waals surface area (Å²) < 4.78 is 1.42. The molecular formula is C24H20N6O2. The maximum Gasteiger partial charge on any atom is 0.251 e. The van der Waals surface area contributed by atoms with Crippen molar-refractivity contribution in [3.8, 4) is 11.9 Å². The smallest absolute Gasteiger partial charge is 0.251 e. The van der Waals surface area contributed by atoms with Crippen LogP contribution in [0.2, 0.25) is 0 Å². The van der Waals surface area contributed by atoms with Crippen LogP contribution in [0.15, 0.2) is 60.8 Å². The summed E-state index contributed by atoms with van der Waals surface area (Å²) in [4.78, 5) is 29.4. The Morgan fingerprint density at radius 1 is 1.06 bits per heavy atom. The van der Waals surface area contributed by atoms with Crippen LogP contribution in [-0.2, 0) is 4.79 Å². The molecule has 0 atom stereocenters. The number of amides is 2. The van der Waals surface area contributed by atoms with Crippen molar-refractivity contribution >= 4 is 28.5 Å². The number of carbonyl (C=O) groups excluding carboxylic acids is 2. The van der Waals surface area contributed by atoms with Crippen LogP contribution in [0.5, 0.6) is 0 Å². The Kier molecular flexibility index (Phi) is 5.64. The molecule has 0 saturated carbocycles. The number of benzene rings is 2. The van der Waals surface area contributed by atoms with Gasteiger partial charge in [0.2, 0.25) is 5.91 Å². The average molecular weight is 424 g/mol. The molecule has 0 aliphatic carbocycles. The summed E-state index contributed by atoms with van der Waals surface area (Å²) in [6, 6.07) is 18.4. The molecule has 8 heteroatoms. The highest BCUT2D eigenvalue weighted by Crippen LogP contribution is 2.25. The highest BCUT2D eigenvalue weighted by molar-refractivity contribution is 5.99. The van der Waals surface area contributed by atoms with Crippen LogP contribution in [0.25, 0.3) is 16.7 Å². The molecule has 32 heavy (non-hydrogen) atoms. The Morgan fingerprint density at radius 2 is 1.84 bits per heavy atom. The van der Waals surface area contributed by atoms with E-state index in [9.17, 15) is 14.9 Å². The molecule has 2 aromatic heterocycles. The topological polar surface area (TPSA) is 113 Å². The second kappa shape index (κ2) is 8.70. The van der Waals surface area contributed by atoms with E-state index in [4.69, 9.17) is 4.98 Å². The van der Waals surface area contributed by atoms with Gasteiger partial charge in [-0.2, -0.15) is 15.0 Å². The van der Waals surface area contributed by atoms with Crippen molar-refractivity contribution in [1.82, 2.24) is 20.1 Å². The minimum atomic E-state index is -0.485. The van der Waals surface area contributed by atoms with Gasteiger partial charge >= 0.3 is 0 Å². The molecule has 0 aliphatic heterocycles. The summed E-state index contributed by atoms with van der Waals surface area (Å²) in [6.45, 7) is 3.69. The maximum absolute atomic E-state index is 12.5. The third kappa shape index (κ3) is 4.04. The Morgan fingerprint density at radius 3 is 2.59 bits per heavy atom. The van der Waals surface area contributed by atoms with E-state index in [1.54, 1.807) is 30.3 Å². The van der Waals surface area contributed by atoms with Gasteiger partial charge in [-0.3, -0.25) is 9.59 Å². The molecule has 0 fully saturated rings. The van der Waals surface area contributed by atoms with Crippen LogP contribution in [-0.4, -0.2) is 33.1 Å². The van der Waals surface area contributed by atoms with Gasteiger partial charge in [0.05, 0.1) is 18.3 Å². The van der Waals surface area contributed by atoms with Crippen molar-refractivity contribution in [3.05, 3.63) is 83.0 Å². The Bertz CT molecular complexity index is 1370. The molecule has 2 aromatic carbocycles. The minimum Gasteiger partial charge on any atom is -0.343 e. The van der Waals surface area contributed by atoms with Crippen LogP contribution >= 0.6 is 0 Å². The number of hydrogen-bond acceptors (Lipinski definition) is 5. The van der Waals surface area contributed by atoms with Crippen LogP contribution in [0.3, 0.4) is 0 Å². The van der Waals surface area contributed by atoms with Gasteiger partial charge in [-0.25, -0.2) is 4.98 Å². The van der Waals surface area contributed by atoms with Gasteiger partial charge in [-0.05, 0) is 43.2 Å². The number of aryl methyl sites for hydroxylation is 2. The van der Waals surface area contributed by atoms with Gasteiger partial charge in [0.1, 0.15) is 11.6 Å². The summed E-state index contributed by atoms with van der Waals surface area (Å²) in [7, 11) is 0. The first-order valence-electron chi connectivity index (χ1n) is 9.96. The molecule has 2 amide bonds. The lowest BCUT2D eigenvalue weighted by Gasteiger charge is -2.12. The van der Waals surface area contributed by atoms with Gasteiger partial charge in [0.15, 0.2) is 11.6 Å². The Labute approximate surface area is 184 Å². The standard InChI is InChI=1S/C24H20N6O2/c1-15-7-6-10-19-16(2)11-20(28-22(15)19)30-23(18(12-25)13-27-30)29-21(31)14-26-24(32)17-8-4-3-5-9-17/h3-11,13H,14H2,1-2H3,(H,26,32)(H,29,31). The van der Waals surface area contributed by atoms with Crippen LogP contribution < -0.4 is 10.6 Å². The molecule has 0 spiro atoms. The number of nitrogens with one attached hydrogen (secondary N) is 2. The summed E-state index contributed by atoms with van der Waals surface area (Å²) in [5.74, 6) is -0.168. The molecule has 0 radical (unpaired) electrons. The number of rotatable bonds is 5. The normalized spacial score (nSPS) is 10.5. The van der Waals surface area contributed by atoms with Crippen molar-refractivity contribution < 1.29 is 9.59 Å². The van der Waals surface area contributed by atoms with Crippen LogP contribution in [0.1, 0.15) is 27.0 Å². The van der Waals surface area contributed by atoms with E-state index >= 15 is 0 Å². The molecule has 4 rings (SSSR count). The van der Waals surface area contributed by atoms with Crippen molar-refractivity contribution in [2.75, 3.05) is 11.9 Å². The van der Waals surface area contributed by atoms with Crippen LogP contribution in [0, 0.1) is 25.2 Å². The molecule has 8 nitrogen and oxygen atoms in total. The average Bonchev–Trinajstić information content (AvgIpc) is 3.21. The molecule has 0 saturated heterocycles. The second-order valence-corrected chi connectivity index (χ2v) is 7.30. The number of carbonyl (C=O) groups is 2. The van der Waals surface area contributed by atoms with E-state index in [-0.39, 0.29) is 23.8 Å². The van der Waals surface area contributed by atoms with Gasteiger partial charge in [0, 0.05) is 10.9 Å². The zero-order valence-corrected chi connectivity index (χ0v) is 17.6. The SMILES string of the molecule is Cc1cc(-n2ncc(C#N)c2NC(=O)CNC(=O)c2ccccc2)nc2c(C)cccc12. The van der Waals surface area contributed by atoms with E-state index in [0.717, 1.165) is 22.0 Å². The zero-order valence-electron chi connectivity index (χ0n) is 17.6. The maximum atomic E-state index is 12.5. The van der Waals surface area contributed by atoms with Gasteiger partial charge in [0.25, 0.3) is 5.91 Å². The lowest BCUT2D eigenvalue weighted by Crippen LogP contribution is -2.33. The number of pyridine rings is 1. The number of hydrogen-bond donors (Lipinski definition) is 2. The summed E-state index contributed by atoms with van der Waals surface area (Å²) >= 11 is 0. The van der Waals surface area contributed by atoms with E-state index in [1.807, 2.05) is 44.2 Å². The van der Waals surface area contributed by atoms with E-state index in [1.165, 1.54) is 10.9 Å². The first kappa shape index (κ1) is 20.8. The molecule has 2 heterocycles. The molecule has 158 valence electrons. The molecule has 0 unspecified atom stereocenters. The molecule has 4 aromatic rings. The molecular weight excluding hydrogens is 404 g/mol. The Hall–Kier alpha value is -4.51. The second-order valence-electron chi connectivity index (χ2n) is 7.30. The van der Waals surface area contributed by atoms with Crippen molar-refractivity contribution in [1.29, 1.82) is 5.26 Å². The Balaban J connectivity index is 1.60. The quantitative estimate of drug-likeness (QED) is 0.511. The number of anilines is 1. The van der Waals surface area contributed by atoms with Crippen molar-refractivity contribution in [2.45, 2.75) is 13.8 Å². The predicted octanol–water partition coefficient (Wildman–Crippen LogP) is 3.28. The lowest BCUT2D eigenvalue weighted by molar-refractivity contribution is -0.115. The summed E-state index contributed by atoms with van der Waals surface area (Å²) in [5, 5.41) is 20.0. The predicted molar refractivity (Wildman–Crippen MR) is 120 cm³/mol. The molecule has 2 N–H and O–H groups in total. The molecule has 0 aliphatic rings. The van der Waals surface area contributed by atoms with Gasteiger partial charge < -0.3 is 10.6 Å². The fourth-order valence-electron chi connectivity index (χ4n) is 3.40. The first-order valence-corrected chi connectivity index (χ1v) is 9.96. The molecule has 0 bridgehead atoms. The van der Waals surface area contributed by atoms with Gasteiger partial charge in [-0.15, -0.1) is 0 Å². The number of aromatic nitrogens is 3. The largest absolute Gasteiger partial charge is 0.343 e. The summed E-state index contributed by atoms with van der Waals surface area (Å²) in [6.07, 6.45) is 1.37. The fraction of sp³-hybridized carbons (Fsp3) is 0.125. The number of para-hydroxylation sites is 1. The van der Waals surface area contributed by atoms with Crippen molar-refractivity contribution in [3.63, 3.8) is 0 Å². The monoisotopic (exact) mass is 424 g/mol. The zero-order chi connectivity index (χ0) is 22.7. The third-order valence-corrected chi connectivity index (χ3v) is 5.04. The number of nitriles is 1. The van der Waals surface area contributed by atoms with Crippen molar-refractivity contribution in [2.24, 2.45) is 0 Å². The van der Waals surface area contributed by atoms with E-state index < -0.39 is 5.91 Å². The number of fused-ring (bicyclic) bond motifs is 1. The fourth-order valence-corrected chi connectivity index (χ4v) is 3.40. The highest BCUT2D eigenvalue weighted by Gasteiger charge is 2.18. The van der Waals surface area contributed by atoms with Gasteiger partial charge in [-0.1, -0.05) is 36.4 Å².